The summed E-state index contributed by atoms with van der Waals surface area (Å²) in [4.78, 5) is 19.6. The molecule has 0 bridgehead atoms. The van der Waals surface area contributed by atoms with Crippen molar-refractivity contribution in [1.82, 2.24) is 24.9 Å². The van der Waals surface area contributed by atoms with E-state index in [1.165, 1.54) is 35.0 Å². The van der Waals surface area contributed by atoms with Crippen molar-refractivity contribution in [3.63, 3.8) is 0 Å². The lowest BCUT2D eigenvalue weighted by atomic mass is 9.97. The van der Waals surface area contributed by atoms with Gasteiger partial charge in [-0.05, 0) is 37.3 Å². The Kier molecular flexibility index (Phi) is 5.88. The molecule has 1 amide bonds. The number of thiophene rings is 1. The molecule has 10 heteroatoms. The Bertz CT molecular complexity index is 1300. The number of fused-ring (bicyclic) bond motifs is 5. The molecule has 0 aliphatic heterocycles. The number of nitrogens with zero attached hydrogens (tertiary/aromatic N) is 4. The van der Waals surface area contributed by atoms with Crippen LogP contribution in [0.2, 0.25) is 0 Å². The van der Waals surface area contributed by atoms with Crippen LogP contribution in [-0.4, -0.2) is 45.5 Å². The SMILES string of the molecule is COc1cccc(CNC(=O)CSc2nnc3c4c5c(sc4ncn23)CCCC5)c1OC. The molecule has 0 unspecified atom stereocenters. The summed E-state index contributed by atoms with van der Waals surface area (Å²) in [5.74, 6) is 1.39. The molecule has 166 valence electrons. The fourth-order valence-electron chi connectivity index (χ4n) is 4.10. The van der Waals surface area contributed by atoms with Crippen LogP contribution in [0.3, 0.4) is 0 Å². The van der Waals surface area contributed by atoms with E-state index in [2.05, 4.69) is 20.5 Å². The van der Waals surface area contributed by atoms with Crippen molar-refractivity contribution in [2.75, 3.05) is 20.0 Å². The number of amides is 1. The average Bonchev–Trinajstić information content (AvgIpc) is 3.41. The van der Waals surface area contributed by atoms with Gasteiger partial charge in [-0.15, -0.1) is 21.5 Å². The predicted molar refractivity (Wildman–Crippen MR) is 125 cm³/mol. The molecule has 0 spiro atoms. The first-order valence-electron chi connectivity index (χ1n) is 10.4. The van der Waals surface area contributed by atoms with Crippen molar-refractivity contribution in [2.24, 2.45) is 0 Å². The summed E-state index contributed by atoms with van der Waals surface area (Å²) in [6.07, 6.45) is 6.40. The van der Waals surface area contributed by atoms with Gasteiger partial charge < -0.3 is 14.8 Å². The number of hydrogen-bond donors (Lipinski definition) is 1. The lowest BCUT2D eigenvalue weighted by molar-refractivity contribution is -0.118. The lowest BCUT2D eigenvalue weighted by Crippen LogP contribution is -2.25. The number of para-hydroxylation sites is 1. The van der Waals surface area contributed by atoms with Crippen LogP contribution in [0.4, 0.5) is 0 Å². The highest BCUT2D eigenvalue weighted by Gasteiger charge is 2.21. The Morgan fingerprint density at radius 1 is 1.22 bits per heavy atom. The van der Waals surface area contributed by atoms with Gasteiger partial charge in [0, 0.05) is 17.0 Å². The predicted octanol–water partition coefficient (Wildman–Crippen LogP) is 3.64. The van der Waals surface area contributed by atoms with Crippen molar-refractivity contribution < 1.29 is 14.3 Å². The average molecular weight is 470 g/mol. The highest BCUT2D eigenvalue weighted by atomic mass is 32.2. The van der Waals surface area contributed by atoms with Gasteiger partial charge in [-0.25, -0.2) is 4.98 Å². The molecule has 0 radical (unpaired) electrons. The highest BCUT2D eigenvalue weighted by Crippen LogP contribution is 2.37. The number of carbonyl (C=O) groups excluding carboxylic acids is 1. The Hall–Kier alpha value is -2.85. The van der Waals surface area contributed by atoms with Crippen LogP contribution < -0.4 is 14.8 Å². The van der Waals surface area contributed by atoms with Gasteiger partial charge in [0.2, 0.25) is 5.91 Å². The third-order valence-corrected chi connectivity index (χ3v) is 7.77. The summed E-state index contributed by atoms with van der Waals surface area (Å²) in [5, 5.41) is 13.5. The van der Waals surface area contributed by atoms with E-state index in [0.717, 1.165) is 34.3 Å². The molecule has 5 rings (SSSR count). The fourth-order valence-corrected chi connectivity index (χ4v) is 6.06. The van der Waals surface area contributed by atoms with Crippen LogP contribution in [0, 0.1) is 0 Å². The van der Waals surface area contributed by atoms with E-state index in [0.29, 0.717) is 23.2 Å². The maximum absolute atomic E-state index is 12.5. The minimum atomic E-state index is -0.0985. The zero-order valence-electron chi connectivity index (χ0n) is 17.9. The van der Waals surface area contributed by atoms with Crippen LogP contribution in [0.5, 0.6) is 11.5 Å². The Morgan fingerprint density at radius 3 is 2.94 bits per heavy atom. The molecule has 3 heterocycles. The van der Waals surface area contributed by atoms with E-state index in [1.807, 2.05) is 22.6 Å². The number of rotatable bonds is 7. The van der Waals surface area contributed by atoms with Crippen LogP contribution >= 0.6 is 23.1 Å². The fraction of sp³-hybridized carbons (Fsp3) is 0.364. The van der Waals surface area contributed by atoms with Gasteiger partial charge in [0.15, 0.2) is 22.3 Å². The largest absolute Gasteiger partial charge is 0.493 e. The first kappa shape index (κ1) is 21.0. The smallest absolute Gasteiger partial charge is 0.230 e. The quantitative estimate of drug-likeness (QED) is 0.413. The van der Waals surface area contributed by atoms with E-state index in [-0.39, 0.29) is 11.7 Å². The van der Waals surface area contributed by atoms with Crippen LogP contribution in [-0.2, 0) is 24.2 Å². The second-order valence-corrected chi connectivity index (χ2v) is 9.56. The lowest BCUT2D eigenvalue weighted by Gasteiger charge is -2.13. The summed E-state index contributed by atoms with van der Waals surface area (Å²) in [6.45, 7) is 0.351. The Morgan fingerprint density at radius 2 is 2.09 bits per heavy atom. The zero-order chi connectivity index (χ0) is 22.1. The van der Waals surface area contributed by atoms with Crippen LogP contribution in [0.1, 0.15) is 28.8 Å². The molecule has 0 fully saturated rings. The van der Waals surface area contributed by atoms with Gasteiger partial charge >= 0.3 is 0 Å². The molecule has 1 aliphatic carbocycles. The molecule has 0 saturated heterocycles. The molecular weight excluding hydrogens is 446 g/mol. The molecule has 4 aromatic rings. The van der Waals surface area contributed by atoms with Crippen molar-refractivity contribution in [2.45, 2.75) is 37.4 Å². The second-order valence-electron chi connectivity index (χ2n) is 7.53. The summed E-state index contributed by atoms with van der Waals surface area (Å²) < 4.78 is 12.6. The number of methoxy groups -OCH3 is 2. The van der Waals surface area contributed by atoms with Crippen molar-refractivity contribution in [1.29, 1.82) is 0 Å². The first-order chi connectivity index (χ1) is 15.7. The zero-order valence-corrected chi connectivity index (χ0v) is 19.5. The molecular formula is C22H23N5O3S2. The Balaban J connectivity index is 1.29. The van der Waals surface area contributed by atoms with Crippen molar-refractivity contribution in [3.05, 3.63) is 40.5 Å². The summed E-state index contributed by atoms with van der Waals surface area (Å²) >= 11 is 3.12. The third kappa shape index (κ3) is 3.77. The van der Waals surface area contributed by atoms with Gasteiger partial charge in [-0.1, -0.05) is 23.9 Å². The van der Waals surface area contributed by atoms with Crippen LogP contribution in [0.25, 0.3) is 15.9 Å². The number of thioether (sulfide) groups is 1. The van der Waals surface area contributed by atoms with Gasteiger partial charge in [-0.2, -0.15) is 0 Å². The van der Waals surface area contributed by atoms with Gasteiger partial charge in [0.1, 0.15) is 11.2 Å². The number of nitrogens with one attached hydrogen (secondary N) is 1. The van der Waals surface area contributed by atoms with Crippen LogP contribution in [0.15, 0.2) is 29.7 Å². The first-order valence-corrected chi connectivity index (χ1v) is 12.2. The second kappa shape index (κ2) is 8.95. The topological polar surface area (TPSA) is 90.6 Å². The number of carbonyl (C=O) groups is 1. The Labute approximate surface area is 193 Å². The molecule has 3 aromatic heterocycles. The van der Waals surface area contributed by atoms with E-state index >= 15 is 0 Å². The number of benzene rings is 1. The van der Waals surface area contributed by atoms with Gasteiger partial charge in [-0.3, -0.25) is 9.20 Å². The molecule has 0 saturated carbocycles. The molecule has 1 N–H and O–H groups in total. The number of aryl methyl sites for hydroxylation is 2. The monoisotopic (exact) mass is 469 g/mol. The summed E-state index contributed by atoms with van der Waals surface area (Å²) in [5.41, 5.74) is 3.06. The highest BCUT2D eigenvalue weighted by molar-refractivity contribution is 7.99. The summed E-state index contributed by atoms with van der Waals surface area (Å²) in [6, 6.07) is 5.60. The molecule has 8 nitrogen and oxygen atoms in total. The van der Waals surface area contributed by atoms with E-state index in [1.54, 1.807) is 31.9 Å². The molecule has 0 atom stereocenters. The minimum absolute atomic E-state index is 0.0985. The van der Waals surface area contributed by atoms with E-state index in [9.17, 15) is 4.79 Å². The number of hydrogen-bond acceptors (Lipinski definition) is 8. The standard InChI is InChI=1S/C22H23N5O3S2/c1-29-15-8-5-6-13(19(15)30-2)10-23-17(28)11-31-22-26-25-20-18-14-7-3-4-9-16(14)32-21(18)24-12-27(20)22/h5-6,8,12H,3-4,7,9-11H2,1-2H3,(H,23,28). The molecule has 1 aromatic carbocycles. The number of aromatic nitrogens is 4. The van der Waals surface area contributed by atoms with Gasteiger partial charge in [0.05, 0.1) is 25.4 Å². The number of ether oxygens (including phenoxy) is 2. The van der Waals surface area contributed by atoms with E-state index < -0.39 is 0 Å². The maximum atomic E-state index is 12.5. The normalized spacial score (nSPS) is 13.3. The minimum Gasteiger partial charge on any atom is -0.493 e. The summed E-state index contributed by atoms with van der Waals surface area (Å²) in [7, 11) is 3.18. The maximum Gasteiger partial charge on any atom is 0.230 e. The molecule has 32 heavy (non-hydrogen) atoms. The third-order valence-electron chi connectivity index (χ3n) is 5.62. The van der Waals surface area contributed by atoms with Gasteiger partial charge in [0.25, 0.3) is 0 Å². The molecule has 1 aliphatic rings. The van der Waals surface area contributed by atoms with Crippen molar-refractivity contribution in [3.8, 4) is 11.5 Å². The van der Waals surface area contributed by atoms with E-state index in [4.69, 9.17) is 9.47 Å². The van der Waals surface area contributed by atoms with Crippen molar-refractivity contribution >= 4 is 44.9 Å².